The van der Waals surface area contributed by atoms with Crippen molar-refractivity contribution in [3.05, 3.63) is 101 Å². The van der Waals surface area contributed by atoms with E-state index < -0.39 is 0 Å². The highest BCUT2D eigenvalue weighted by Gasteiger charge is 2.21. The predicted molar refractivity (Wildman–Crippen MR) is 121 cm³/mol. The minimum atomic E-state index is -0.235. The van der Waals surface area contributed by atoms with Crippen molar-refractivity contribution in [2.45, 2.75) is 5.92 Å². The van der Waals surface area contributed by atoms with Crippen molar-refractivity contribution < 1.29 is 9.53 Å². The molecule has 1 atom stereocenters. The molecule has 0 aliphatic rings. The van der Waals surface area contributed by atoms with Crippen LogP contribution in [0.4, 0.5) is 0 Å². The number of para-hydroxylation sites is 1. The van der Waals surface area contributed by atoms with Crippen molar-refractivity contribution in [3.63, 3.8) is 0 Å². The van der Waals surface area contributed by atoms with Gasteiger partial charge in [0.25, 0.3) is 5.91 Å². The fourth-order valence-electron chi connectivity index (χ4n) is 3.57. The summed E-state index contributed by atoms with van der Waals surface area (Å²) in [4.78, 5) is 15.8. The van der Waals surface area contributed by atoms with Crippen LogP contribution in [-0.4, -0.2) is 24.0 Å². The van der Waals surface area contributed by atoms with E-state index in [1.54, 1.807) is 24.3 Å². The Morgan fingerprint density at radius 2 is 1.77 bits per heavy atom. The molecule has 154 valence electrons. The molecule has 0 spiro atoms. The summed E-state index contributed by atoms with van der Waals surface area (Å²) in [6.45, 7) is 0.260. The minimum Gasteiger partial charge on any atom is -0.484 e. The third-order valence-electron chi connectivity index (χ3n) is 5.13. The Morgan fingerprint density at radius 1 is 1.03 bits per heavy atom. The quantitative estimate of drug-likeness (QED) is 0.433. The maximum absolute atomic E-state index is 12.5. The Morgan fingerprint density at radius 3 is 2.55 bits per heavy atom. The van der Waals surface area contributed by atoms with Gasteiger partial charge in [-0.3, -0.25) is 4.79 Å². The van der Waals surface area contributed by atoms with E-state index in [1.807, 2.05) is 54.7 Å². The summed E-state index contributed by atoms with van der Waals surface area (Å²) in [7, 11) is 0. The Labute approximate surface area is 185 Å². The number of hydrogen-bond donors (Lipinski definition) is 2. The summed E-state index contributed by atoms with van der Waals surface area (Å²) >= 11 is 6.50. The Bertz CT molecular complexity index is 1240. The van der Waals surface area contributed by atoms with E-state index in [2.05, 4.69) is 16.4 Å². The number of halogens is 1. The molecule has 1 aromatic heterocycles. The highest BCUT2D eigenvalue weighted by atomic mass is 35.5. The minimum absolute atomic E-state index is 0.116. The van der Waals surface area contributed by atoms with Crippen molar-refractivity contribution in [1.82, 2.24) is 10.3 Å². The lowest BCUT2D eigenvalue weighted by Gasteiger charge is -2.19. The predicted octanol–water partition coefficient (Wildman–Crippen LogP) is 5.02. The third-order valence-corrected chi connectivity index (χ3v) is 5.48. The van der Waals surface area contributed by atoms with Crippen LogP contribution in [-0.2, 0) is 4.79 Å². The van der Waals surface area contributed by atoms with E-state index in [4.69, 9.17) is 21.6 Å². The van der Waals surface area contributed by atoms with Gasteiger partial charge in [0.1, 0.15) is 5.75 Å². The molecule has 0 unspecified atom stereocenters. The molecule has 0 aliphatic carbocycles. The lowest BCUT2D eigenvalue weighted by Crippen LogP contribution is -2.32. The molecule has 0 aliphatic heterocycles. The second-order valence-corrected chi connectivity index (χ2v) is 7.50. The van der Waals surface area contributed by atoms with E-state index in [1.165, 1.54) is 0 Å². The molecular formula is C25H20ClN3O2. The van der Waals surface area contributed by atoms with Crippen molar-refractivity contribution in [3.8, 4) is 11.8 Å². The molecule has 0 saturated heterocycles. The van der Waals surface area contributed by atoms with Crippen LogP contribution in [0.2, 0.25) is 5.02 Å². The normalized spacial score (nSPS) is 11.6. The molecule has 1 amide bonds. The molecule has 0 saturated carbocycles. The van der Waals surface area contributed by atoms with Gasteiger partial charge < -0.3 is 15.0 Å². The Kier molecular flexibility index (Phi) is 6.21. The largest absolute Gasteiger partial charge is 0.484 e. The number of nitrogens with zero attached hydrogens (tertiary/aromatic N) is 1. The molecule has 3 aromatic carbocycles. The van der Waals surface area contributed by atoms with Gasteiger partial charge in [0.05, 0.1) is 11.6 Å². The van der Waals surface area contributed by atoms with Gasteiger partial charge in [0.2, 0.25) is 0 Å². The second-order valence-electron chi connectivity index (χ2n) is 7.09. The van der Waals surface area contributed by atoms with Crippen LogP contribution < -0.4 is 10.1 Å². The zero-order valence-electron chi connectivity index (χ0n) is 16.6. The van der Waals surface area contributed by atoms with Crippen LogP contribution in [0.1, 0.15) is 22.6 Å². The van der Waals surface area contributed by atoms with E-state index in [0.717, 1.165) is 22.0 Å². The average molecular weight is 430 g/mol. The number of aromatic amines is 1. The first-order chi connectivity index (χ1) is 15.2. The first-order valence-electron chi connectivity index (χ1n) is 9.86. The Balaban J connectivity index is 1.49. The molecule has 6 heteroatoms. The van der Waals surface area contributed by atoms with Gasteiger partial charge in [0, 0.05) is 34.6 Å². The summed E-state index contributed by atoms with van der Waals surface area (Å²) < 4.78 is 5.54. The first-order valence-corrected chi connectivity index (χ1v) is 10.2. The lowest BCUT2D eigenvalue weighted by molar-refractivity contribution is -0.123. The van der Waals surface area contributed by atoms with Gasteiger partial charge in [-0.25, -0.2) is 0 Å². The molecule has 1 heterocycles. The van der Waals surface area contributed by atoms with Crippen LogP contribution in [0, 0.1) is 11.3 Å². The van der Waals surface area contributed by atoms with Crippen LogP contribution in [0.3, 0.4) is 0 Å². The molecule has 4 rings (SSSR count). The molecule has 31 heavy (non-hydrogen) atoms. The number of benzene rings is 3. The summed E-state index contributed by atoms with van der Waals surface area (Å²) in [5.41, 5.74) is 3.59. The van der Waals surface area contributed by atoms with Gasteiger partial charge in [0.15, 0.2) is 6.61 Å². The zero-order chi connectivity index (χ0) is 21.6. The number of carbonyl (C=O) groups excluding carboxylic acids is 1. The number of ether oxygens (including phenoxy) is 1. The van der Waals surface area contributed by atoms with E-state index in [-0.39, 0.29) is 18.4 Å². The van der Waals surface area contributed by atoms with Crippen LogP contribution >= 0.6 is 11.6 Å². The molecule has 0 radical (unpaired) electrons. The third kappa shape index (κ3) is 4.71. The van der Waals surface area contributed by atoms with Crippen LogP contribution in [0.15, 0.2) is 79.0 Å². The first kappa shape index (κ1) is 20.5. The number of aromatic nitrogens is 1. The number of fused-ring (bicyclic) bond motifs is 1. The monoisotopic (exact) mass is 429 g/mol. The van der Waals surface area contributed by atoms with Gasteiger partial charge >= 0.3 is 0 Å². The van der Waals surface area contributed by atoms with Crippen LogP contribution in [0.25, 0.3) is 10.9 Å². The number of H-pyrrole nitrogens is 1. The van der Waals surface area contributed by atoms with E-state index in [0.29, 0.717) is 22.9 Å². The second kappa shape index (κ2) is 9.38. The lowest BCUT2D eigenvalue weighted by atomic mass is 9.91. The number of rotatable bonds is 7. The maximum Gasteiger partial charge on any atom is 0.257 e. The number of nitrogens with one attached hydrogen (secondary N) is 2. The van der Waals surface area contributed by atoms with Crippen LogP contribution in [0.5, 0.6) is 5.75 Å². The SMILES string of the molecule is N#Cc1ccc(OCC(=O)NC[C@@H](c2ccccc2Cl)c2c[nH]c3ccccc23)cc1. The van der Waals surface area contributed by atoms with Crippen molar-refractivity contribution in [2.24, 2.45) is 0 Å². The van der Waals surface area contributed by atoms with Crippen molar-refractivity contribution in [1.29, 1.82) is 5.26 Å². The number of hydrogen-bond acceptors (Lipinski definition) is 3. The highest BCUT2D eigenvalue weighted by Crippen LogP contribution is 2.34. The summed E-state index contributed by atoms with van der Waals surface area (Å²) in [5.74, 6) is 0.179. The van der Waals surface area contributed by atoms with Gasteiger partial charge in [-0.15, -0.1) is 0 Å². The van der Waals surface area contributed by atoms with Gasteiger partial charge in [-0.1, -0.05) is 48.0 Å². The van der Waals surface area contributed by atoms with Crippen molar-refractivity contribution in [2.75, 3.05) is 13.2 Å². The fourth-order valence-corrected chi connectivity index (χ4v) is 3.84. The summed E-state index contributed by atoms with van der Waals surface area (Å²) in [5, 5.41) is 13.6. The smallest absolute Gasteiger partial charge is 0.257 e. The number of nitriles is 1. The zero-order valence-corrected chi connectivity index (χ0v) is 17.4. The summed E-state index contributed by atoms with van der Waals surface area (Å²) in [6, 6.07) is 24.4. The maximum atomic E-state index is 12.5. The van der Waals surface area contributed by atoms with E-state index in [9.17, 15) is 4.79 Å². The molecule has 4 aromatic rings. The van der Waals surface area contributed by atoms with Gasteiger partial charge in [-0.05, 0) is 47.5 Å². The highest BCUT2D eigenvalue weighted by molar-refractivity contribution is 6.31. The fraction of sp³-hybridized carbons (Fsp3) is 0.120. The molecular weight excluding hydrogens is 410 g/mol. The molecule has 0 bridgehead atoms. The number of amides is 1. The average Bonchev–Trinajstić information content (AvgIpc) is 3.23. The standard InChI is InChI=1S/C25H20ClN3O2/c26-23-7-3-1-5-19(23)21(22-14-28-24-8-4-2-6-20(22)24)15-29-25(30)16-31-18-11-9-17(13-27)10-12-18/h1-12,14,21,28H,15-16H2,(H,29,30)/t21-/m0/s1. The van der Waals surface area contributed by atoms with Crippen molar-refractivity contribution >= 4 is 28.4 Å². The summed E-state index contributed by atoms with van der Waals surface area (Å²) in [6.07, 6.45) is 1.97. The van der Waals surface area contributed by atoms with E-state index >= 15 is 0 Å². The number of carbonyl (C=O) groups is 1. The molecule has 5 nitrogen and oxygen atoms in total. The van der Waals surface area contributed by atoms with Gasteiger partial charge in [-0.2, -0.15) is 5.26 Å². The molecule has 0 fully saturated rings. The topological polar surface area (TPSA) is 77.9 Å². The molecule has 2 N–H and O–H groups in total. The Hall–Kier alpha value is -3.75.